The second-order valence-electron chi connectivity index (χ2n) is 8.13. The van der Waals surface area contributed by atoms with E-state index in [1.54, 1.807) is 11.8 Å². The molecule has 1 aliphatic heterocycles. The second-order valence-corrected chi connectivity index (χ2v) is 10.2. The minimum absolute atomic E-state index is 0.0170. The van der Waals surface area contributed by atoms with Crippen LogP contribution in [0.15, 0.2) is 81.7 Å². The average Bonchev–Trinajstić information content (AvgIpc) is 3.19. The van der Waals surface area contributed by atoms with E-state index in [1.165, 1.54) is 22.9 Å². The first kappa shape index (κ1) is 22.6. The van der Waals surface area contributed by atoms with E-state index >= 15 is 0 Å². The Kier molecular flexibility index (Phi) is 6.34. The van der Waals surface area contributed by atoms with Crippen molar-refractivity contribution in [2.24, 2.45) is 7.05 Å². The molecular formula is C26H25N5OS2. The largest absolute Gasteiger partial charge is 0.377 e. The number of nitrogens with one attached hydrogen (secondary N) is 1. The highest BCUT2D eigenvalue weighted by molar-refractivity contribution is 8.00. The lowest BCUT2D eigenvalue weighted by atomic mass is 10.1. The summed E-state index contributed by atoms with van der Waals surface area (Å²) in [5.41, 5.74) is 5.36. The molecule has 0 spiro atoms. The van der Waals surface area contributed by atoms with E-state index < -0.39 is 0 Å². The number of carbonyl (C=O) groups is 1. The van der Waals surface area contributed by atoms with Gasteiger partial charge >= 0.3 is 0 Å². The molecule has 6 nitrogen and oxygen atoms in total. The Labute approximate surface area is 207 Å². The van der Waals surface area contributed by atoms with Crippen molar-refractivity contribution in [1.29, 1.82) is 0 Å². The molecule has 0 radical (unpaired) electrons. The molecule has 5 rings (SSSR count). The maximum atomic E-state index is 13.4. The summed E-state index contributed by atoms with van der Waals surface area (Å²) in [5, 5.41) is 12.9. The van der Waals surface area contributed by atoms with Crippen LogP contribution in [0.2, 0.25) is 0 Å². The van der Waals surface area contributed by atoms with Gasteiger partial charge in [0.25, 0.3) is 0 Å². The minimum Gasteiger partial charge on any atom is -0.377 e. The van der Waals surface area contributed by atoms with Crippen LogP contribution < -0.4 is 10.2 Å². The normalized spacial score (nSPS) is 12.3. The predicted octanol–water partition coefficient (Wildman–Crippen LogP) is 5.97. The first-order valence-electron chi connectivity index (χ1n) is 11.0. The van der Waals surface area contributed by atoms with Gasteiger partial charge in [-0.3, -0.25) is 9.69 Å². The molecule has 172 valence electrons. The standard InChI is InChI=1S/C26H25N5OS2/c1-17-9-8-10-18(2)25(17)27-15-23-28-29-26(30(23)3)33-16-24(32)31-19-11-4-6-13-21(19)34-22-14-7-5-12-20(22)31/h4-14,27H,15-16H2,1-3H3. The highest BCUT2D eigenvalue weighted by Gasteiger charge is 2.28. The Morgan fingerprint density at radius 2 is 1.53 bits per heavy atom. The zero-order valence-electron chi connectivity index (χ0n) is 19.3. The van der Waals surface area contributed by atoms with E-state index in [9.17, 15) is 4.79 Å². The number of fused-ring (bicyclic) bond motifs is 2. The number of rotatable bonds is 6. The van der Waals surface area contributed by atoms with Gasteiger partial charge in [-0.25, -0.2) is 0 Å². The smallest absolute Gasteiger partial charge is 0.242 e. The average molecular weight is 488 g/mol. The summed E-state index contributed by atoms with van der Waals surface area (Å²) in [4.78, 5) is 17.4. The Morgan fingerprint density at radius 1 is 0.912 bits per heavy atom. The van der Waals surface area contributed by atoms with Gasteiger partial charge in [0.1, 0.15) is 0 Å². The van der Waals surface area contributed by atoms with Crippen LogP contribution in [0.3, 0.4) is 0 Å². The van der Waals surface area contributed by atoms with Crippen LogP contribution in [0.5, 0.6) is 0 Å². The molecule has 1 aliphatic rings. The van der Waals surface area contributed by atoms with Crippen molar-refractivity contribution in [2.75, 3.05) is 16.0 Å². The maximum Gasteiger partial charge on any atom is 0.242 e. The minimum atomic E-state index is 0.0170. The summed E-state index contributed by atoms with van der Waals surface area (Å²) in [7, 11) is 1.94. The van der Waals surface area contributed by atoms with E-state index in [-0.39, 0.29) is 11.7 Å². The first-order valence-corrected chi connectivity index (χ1v) is 12.8. The predicted molar refractivity (Wildman–Crippen MR) is 139 cm³/mol. The fraction of sp³-hybridized carbons (Fsp3) is 0.192. The van der Waals surface area contributed by atoms with Crippen molar-refractivity contribution in [1.82, 2.24) is 14.8 Å². The van der Waals surface area contributed by atoms with Crippen LogP contribution in [0.4, 0.5) is 17.1 Å². The lowest BCUT2D eigenvalue weighted by Crippen LogP contribution is -2.30. The van der Waals surface area contributed by atoms with Crippen molar-refractivity contribution in [3.63, 3.8) is 0 Å². The van der Waals surface area contributed by atoms with Gasteiger partial charge in [-0.15, -0.1) is 10.2 Å². The molecule has 0 saturated heterocycles. The van der Waals surface area contributed by atoms with Crippen molar-refractivity contribution in [2.45, 2.75) is 35.3 Å². The van der Waals surface area contributed by atoms with Gasteiger partial charge in [-0.2, -0.15) is 0 Å². The molecule has 0 bridgehead atoms. The molecule has 1 aromatic heterocycles. The van der Waals surface area contributed by atoms with Gasteiger partial charge in [0.05, 0.1) is 23.7 Å². The van der Waals surface area contributed by atoms with Crippen molar-refractivity contribution in [3.05, 3.63) is 83.7 Å². The summed E-state index contributed by atoms with van der Waals surface area (Å²) in [5.74, 6) is 1.11. The maximum absolute atomic E-state index is 13.4. The summed E-state index contributed by atoms with van der Waals surface area (Å²) < 4.78 is 1.95. The number of amides is 1. The number of benzene rings is 3. The number of hydrogen-bond donors (Lipinski definition) is 1. The van der Waals surface area contributed by atoms with Crippen LogP contribution >= 0.6 is 23.5 Å². The van der Waals surface area contributed by atoms with Gasteiger partial charge in [0.15, 0.2) is 11.0 Å². The highest BCUT2D eigenvalue weighted by Crippen LogP contribution is 2.48. The monoisotopic (exact) mass is 487 g/mol. The zero-order chi connectivity index (χ0) is 23.7. The third-order valence-corrected chi connectivity index (χ3v) is 7.97. The van der Waals surface area contributed by atoms with Crippen LogP contribution in [-0.4, -0.2) is 26.4 Å². The van der Waals surface area contributed by atoms with E-state index in [0.29, 0.717) is 6.54 Å². The summed E-state index contributed by atoms with van der Waals surface area (Å²) in [6.45, 7) is 4.75. The second kappa shape index (κ2) is 9.56. The van der Waals surface area contributed by atoms with E-state index in [4.69, 9.17) is 0 Å². The number of carbonyl (C=O) groups excluding carboxylic acids is 1. The quantitative estimate of drug-likeness (QED) is 0.338. The number of thioether (sulfide) groups is 1. The molecule has 1 amide bonds. The molecular weight excluding hydrogens is 462 g/mol. The van der Waals surface area contributed by atoms with Gasteiger partial charge < -0.3 is 9.88 Å². The fourth-order valence-electron chi connectivity index (χ4n) is 4.05. The molecule has 2 heterocycles. The molecule has 3 aromatic carbocycles. The summed E-state index contributed by atoms with van der Waals surface area (Å²) in [6, 6.07) is 22.3. The number of nitrogens with zero attached hydrogens (tertiary/aromatic N) is 4. The van der Waals surface area contributed by atoms with Crippen LogP contribution in [0.25, 0.3) is 0 Å². The van der Waals surface area contributed by atoms with Crippen molar-refractivity contribution >= 4 is 46.5 Å². The third kappa shape index (κ3) is 4.31. The number of aromatic nitrogens is 3. The van der Waals surface area contributed by atoms with Crippen LogP contribution in [0, 0.1) is 13.8 Å². The molecule has 1 N–H and O–H groups in total. The third-order valence-electron chi connectivity index (χ3n) is 5.84. The fourth-order valence-corrected chi connectivity index (χ4v) is 5.89. The van der Waals surface area contributed by atoms with E-state index in [1.807, 2.05) is 52.9 Å². The summed E-state index contributed by atoms with van der Waals surface area (Å²) >= 11 is 3.11. The van der Waals surface area contributed by atoms with E-state index in [2.05, 4.69) is 59.7 Å². The molecule has 0 fully saturated rings. The van der Waals surface area contributed by atoms with Crippen molar-refractivity contribution in [3.8, 4) is 0 Å². The number of para-hydroxylation sites is 3. The Morgan fingerprint density at radius 3 is 2.18 bits per heavy atom. The Balaban J connectivity index is 1.30. The van der Waals surface area contributed by atoms with E-state index in [0.717, 1.165) is 37.8 Å². The van der Waals surface area contributed by atoms with Crippen LogP contribution in [-0.2, 0) is 18.4 Å². The molecule has 0 atom stereocenters. The molecule has 4 aromatic rings. The van der Waals surface area contributed by atoms with Gasteiger partial charge in [0.2, 0.25) is 5.91 Å². The molecule has 0 aliphatic carbocycles. The van der Waals surface area contributed by atoms with Gasteiger partial charge in [-0.1, -0.05) is 66.0 Å². The highest BCUT2D eigenvalue weighted by atomic mass is 32.2. The van der Waals surface area contributed by atoms with Gasteiger partial charge in [-0.05, 0) is 49.2 Å². The first-order chi connectivity index (χ1) is 16.5. The summed E-state index contributed by atoms with van der Waals surface area (Å²) in [6.07, 6.45) is 0. The lowest BCUT2D eigenvalue weighted by Gasteiger charge is -2.30. The molecule has 0 unspecified atom stereocenters. The van der Waals surface area contributed by atoms with Gasteiger partial charge in [0, 0.05) is 22.5 Å². The molecule has 0 saturated carbocycles. The number of hydrogen-bond acceptors (Lipinski definition) is 6. The SMILES string of the molecule is Cc1cccc(C)c1NCc1nnc(SCC(=O)N2c3ccccc3Sc3ccccc32)n1C. The molecule has 8 heteroatoms. The van der Waals surface area contributed by atoms with Crippen LogP contribution in [0.1, 0.15) is 17.0 Å². The number of anilines is 3. The Bertz CT molecular complexity index is 1300. The topological polar surface area (TPSA) is 63.1 Å². The molecule has 34 heavy (non-hydrogen) atoms. The number of aryl methyl sites for hydroxylation is 2. The zero-order valence-corrected chi connectivity index (χ0v) is 20.9. The van der Waals surface area contributed by atoms with Crippen molar-refractivity contribution < 1.29 is 4.79 Å². The Hall–Kier alpha value is -3.23. The lowest BCUT2D eigenvalue weighted by molar-refractivity contribution is -0.115.